The summed E-state index contributed by atoms with van der Waals surface area (Å²) in [4.78, 5) is 13.7. The maximum atomic E-state index is 8.28. The average molecular weight is 797 g/mol. The molecule has 290 valence electrons. The van der Waals surface area contributed by atoms with Crippen molar-refractivity contribution in [2.24, 2.45) is 0 Å². The lowest BCUT2D eigenvalue weighted by Crippen LogP contribution is -2.06. The summed E-state index contributed by atoms with van der Waals surface area (Å²) in [6.45, 7) is -5.79. The summed E-state index contributed by atoms with van der Waals surface area (Å²) in [5.74, 6) is 3.45. The highest BCUT2D eigenvalue weighted by Gasteiger charge is 2.20. The quantitative estimate of drug-likeness (QED) is 0.158. The zero-order valence-electron chi connectivity index (χ0n) is 38.1. The van der Waals surface area contributed by atoms with Crippen LogP contribution in [0.5, 0.6) is 23.0 Å². The second kappa shape index (κ2) is 13.6. The van der Waals surface area contributed by atoms with E-state index in [2.05, 4.69) is 58.5 Å². The van der Waals surface area contributed by atoms with Crippen molar-refractivity contribution < 1.29 is 17.7 Å². The van der Waals surface area contributed by atoms with Crippen molar-refractivity contribution >= 4 is 65.4 Å². The third kappa shape index (κ3) is 5.60. The third-order valence-electron chi connectivity index (χ3n) is 11.1. The fourth-order valence-electron chi connectivity index (χ4n) is 8.50. The Hall–Kier alpha value is -8.37. The van der Waals surface area contributed by atoms with Crippen LogP contribution in [0.1, 0.15) is 19.6 Å². The SMILES string of the molecule is [2H]C([2H])([2H])c1nnc(-n2c3cc(Oc4ccc5c6ccccc6n(-c6ccccn6)c5c4)ccc3c3ccc(Oc4ccc5c6ccccc6n(-c6ccccn6)c5c4)cc32)nc1C([2H])([2H])[2H]. The molecule has 12 aromatic rings. The number of hydrogen-bond donors (Lipinski definition) is 0. The summed E-state index contributed by atoms with van der Waals surface area (Å²) >= 11 is 0. The number of benzene rings is 6. The topological polar surface area (TPSA) is 97.7 Å². The number of para-hydroxylation sites is 2. The molecule has 0 aliphatic carbocycles. The summed E-state index contributed by atoms with van der Waals surface area (Å²) in [6.07, 6.45) is 3.53. The van der Waals surface area contributed by atoms with E-state index in [0.717, 1.165) is 66.0 Å². The minimum Gasteiger partial charge on any atom is -0.457 e. The highest BCUT2D eigenvalue weighted by molar-refractivity contribution is 6.11. The first-order valence-electron chi connectivity index (χ1n) is 22.6. The largest absolute Gasteiger partial charge is 0.457 e. The first kappa shape index (κ1) is 28.9. The lowest BCUT2D eigenvalue weighted by Gasteiger charge is -2.11. The maximum absolute atomic E-state index is 8.28. The Morgan fingerprint density at radius 2 is 0.803 bits per heavy atom. The van der Waals surface area contributed by atoms with Gasteiger partial charge < -0.3 is 9.47 Å². The van der Waals surface area contributed by atoms with Gasteiger partial charge in [0.2, 0.25) is 0 Å². The Kier molecular flexibility index (Phi) is 6.45. The number of ether oxygens (including phenoxy) is 2. The highest BCUT2D eigenvalue weighted by Crippen LogP contribution is 2.40. The summed E-state index contributed by atoms with van der Waals surface area (Å²) in [6, 6.07) is 50.9. The van der Waals surface area contributed by atoms with Crippen LogP contribution < -0.4 is 9.47 Å². The Morgan fingerprint density at radius 1 is 0.393 bits per heavy atom. The van der Waals surface area contributed by atoms with Gasteiger partial charge in [-0.1, -0.05) is 48.5 Å². The van der Waals surface area contributed by atoms with E-state index in [1.54, 1.807) is 17.0 Å². The van der Waals surface area contributed by atoms with Gasteiger partial charge in [-0.05, 0) is 98.6 Å². The van der Waals surface area contributed by atoms with Crippen LogP contribution in [0.4, 0.5) is 0 Å². The standard InChI is InChI=1S/C51H34N8O2/c1-31-32(2)55-56-51(54-31)59-47-29-35(60-33-17-21-39-37-11-3-5-13-43(37)57(45(39)27-33)49-15-7-9-25-52-49)19-23-41(47)42-24-20-36(30-48(42)59)61-34-18-22-40-38-12-4-6-14-44(38)58(46(40)28-34)50-16-8-10-26-53-50/h3-30H,1-2H3/i1D3,2D3. The van der Waals surface area contributed by atoms with Crippen molar-refractivity contribution in [2.75, 3.05) is 0 Å². The molecule has 6 aromatic carbocycles. The molecule has 12 rings (SSSR count). The molecule has 0 N–H and O–H groups in total. The van der Waals surface area contributed by atoms with Crippen LogP contribution in [0.15, 0.2) is 170 Å². The van der Waals surface area contributed by atoms with Gasteiger partial charge in [0.05, 0.1) is 44.5 Å². The van der Waals surface area contributed by atoms with Gasteiger partial charge in [0.15, 0.2) is 0 Å². The van der Waals surface area contributed by atoms with Crippen LogP contribution in [0.25, 0.3) is 83.0 Å². The third-order valence-corrected chi connectivity index (χ3v) is 11.1. The van der Waals surface area contributed by atoms with Crippen LogP contribution in [0.3, 0.4) is 0 Å². The number of aryl methyl sites for hydroxylation is 2. The van der Waals surface area contributed by atoms with Crippen molar-refractivity contribution in [3.63, 3.8) is 0 Å². The molecule has 10 heteroatoms. The molecule has 0 saturated carbocycles. The fraction of sp³-hybridized carbons (Fsp3) is 0.0392. The Balaban J connectivity index is 1.00. The van der Waals surface area contributed by atoms with E-state index < -0.39 is 25.1 Å². The molecule has 0 unspecified atom stereocenters. The Bertz CT molecular complexity index is 3700. The van der Waals surface area contributed by atoms with Crippen LogP contribution in [0.2, 0.25) is 0 Å². The number of pyridine rings is 2. The van der Waals surface area contributed by atoms with E-state index in [1.165, 1.54) is 0 Å². The molecule has 0 saturated heterocycles. The highest BCUT2D eigenvalue weighted by atomic mass is 16.5. The second-order valence-corrected chi connectivity index (χ2v) is 14.6. The molecule has 0 atom stereocenters. The molecule has 6 aromatic heterocycles. The lowest BCUT2D eigenvalue weighted by atomic mass is 10.1. The molecular formula is C51H34N8O2. The smallest absolute Gasteiger partial charge is 0.254 e. The van der Waals surface area contributed by atoms with Gasteiger partial charge in [0.25, 0.3) is 5.95 Å². The molecule has 61 heavy (non-hydrogen) atoms. The minimum absolute atomic E-state index is 0.143. The van der Waals surface area contributed by atoms with E-state index >= 15 is 0 Å². The van der Waals surface area contributed by atoms with E-state index in [0.29, 0.717) is 34.0 Å². The summed E-state index contributed by atoms with van der Waals surface area (Å²) in [5.41, 5.74) is 3.56. The van der Waals surface area contributed by atoms with Crippen LogP contribution >= 0.6 is 0 Å². The van der Waals surface area contributed by atoms with Gasteiger partial charge in [-0.2, -0.15) is 5.10 Å². The Morgan fingerprint density at radius 3 is 1.23 bits per heavy atom. The summed E-state index contributed by atoms with van der Waals surface area (Å²) < 4.78 is 68.1. The minimum atomic E-state index is -2.91. The van der Waals surface area contributed by atoms with E-state index in [4.69, 9.17) is 17.7 Å². The number of nitrogens with zero attached hydrogens (tertiary/aromatic N) is 8. The van der Waals surface area contributed by atoms with Gasteiger partial charge in [-0.15, -0.1) is 5.10 Å². The van der Waals surface area contributed by atoms with Crippen molar-refractivity contribution in [2.45, 2.75) is 13.7 Å². The number of aromatic nitrogens is 8. The van der Waals surface area contributed by atoms with Crippen molar-refractivity contribution in [1.29, 1.82) is 0 Å². The lowest BCUT2D eigenvalue weighted by molar-refractivity contribution is 0.484. The van der Waals surface area contributed by atoms with Crippen LogP contribution in [-0.2, 0) is 0 Å². The van der Waals surface area contributed by atoms with Gasteiger partial charge in [0, 0.05) is 77.2 Å². The monoisotopic (exact) mass is 796 g/mol. The van der Waals surface area contributed by atoms with Gasteiger partial charge >= 0.3 is 0 Å². The van der Waals surface area contributed by atoms with E-state index in [-0.39, 0.29) is 5.95 Å². The molecule has 0 aliphatic rings. The number of fused-ring (bicyclic) bond motifs is 9. The van der Waals surface area contributed by atoms with Gasteiger partial charge in [-0.3, -0.25) is 13.7 Å². The predicted octanol–water partition coefficient (Wildman–Crippen LogP) is 12.2. The molecular weight excluding hydrogens is 757 g/mol. The zero-order chi connectivity index (χ0) is 45.6. The summed E-state index contributed by atoms with van der Waals surface area (Å²) in [7, 11) is 0. The maximum Gasteiger partial charge on any atom is 0.254 e. The van der Waals surface area contributed by atoms with Crippen LogP contribution in [0, 0.1) is 13.7 Å². The normalized spacial score (nSPS) is 13.6. The van der Waals surface area contributed by atoms with Gasteiger partial charge in [0.1, 0.15) is 34.6 Å². The Labute approximate surface area is 357 Å². The predicted molar refractivity (Wildman–Crippen MR) is 241 cm³/mol. The molecule has 0 radical (unpaired) electrons. The van der Waals surface area contributed by atoms with Crippen molar-refractivity contribution in [3.8, 4) is 40.6 Å². The zero-order valence-corrected chi connectivity index (χ0v) is 32.1. The second-order valence-electron chi connectivity index (χ2n) is 14.6. The number of rotatable bonds is 7. The van der Waals surface area contributed by atoms with Gasteiger partial charge in [-0.25, -0.2) is 15.0 Å². The molecule has 0 aliphatic heterocycles. The van der Waals surface area contributed by atoms with Crippen molar-refractivity contribution in [1.82, 2.24) is 38.9 Å². The summed E-state index contributed by atoms with van der Waals surface area (Å²) in [5, 5.41) is 14.0. The molecule has 0 fully saturated rings. The first-order chi connectivity index (χ1) is 32.5. The average Bonchev–Trinajstić information content (AvgIpc) is 3.96. The molecule has 10 nitrogen and oxygen atoms in total. The van der Waals surface area contributed by atoms with E-state index in [9.17, 15) is 0 Å². The fourth-order valence-corrected chi connectivity index (χ4v) is 8.50. The molecule has 6 heterocycles. The molecule has 0 amide bonds. The van der Waals surface area contributed by atoms with Crippen LogP contribution in [-0.4, -0.2) is 38.9 Å². The van der Waals surface area contributed by atoms with E-state index in [1.807, 2.05) is 133 Å². The first-order valence-corrected chi connectivity index (χ1v) is 19.6. The van der Waals surface area contributed by atoms with Crippen molar-refractivity contribution in [3.05, 3.63) is 182 Å². The number of hydrogen-bond acceptors (Lipinski definition) is 7. The molecule has 0 spiro atoms. The molecule has 0 bridgehead atoms.